The largest absolute Gasteiger partial charge is 0.496 e. The molecular formula is C25H33F2NO3S2. The lowest BCUT2D eigenvalue weighted by Gasteiger charge is -2.37. The summed E-state index contributed by atoms with van der Waals surface area (Å²) < 4.78 is 61.1. The Bertz CT molecular complexity index is 1080. The van der Waals surface area contributed by atoms with Crippen molar-refractivity contribution in [3.8, 4) is 5.75 Å². The molecule has 0 atom stereocenters. The molecule has 182 valence electrons. The molecule has 0 radical (unpaired) electrons. The molecule has 0 saturated heterocycles. The van der Waals surface area contributed by atoms with Gasteiger partial charge in [-0.05, 0) is 37.3 Å². The van der Waals surface area contributed by atoms with E-state index in [0.29, 0.717) is 23.7 Å². The topological polar surface area (TPSA) is 46.6 Å². The summed E-state index contributed by atoms with van der Waals surface area (Å²) in [6, 6.07) is 7.16. The highest BCUT2D eigenvalue weighted by molar-refractivity contribution is 7.98. The van der Waals surface area contributed by atoms with Crippen LogP contribution in [0.1, 0.15) is 52.4 Å². The van der Waals surface area contributed by atoms with E-state index in [4.69, 9.17) is 4.74 Å². The van der Waals surface area contributed by atoms with Crippen molar-refractivity contribution in [3.05, 3.63) is 42.0 Å². The summed E-state index contributed by atoms with van der Waals surface area (Å²) in [6.45, 7) is 4.61. The standard InChI is InChI=1S/C25H33F2NO3S2/c1-5-7-11-25(12-8-6-2)16-28(18-9-10-19(26)20(27)13-18)21-14-23(32-4)22(31-3)15-24(21)33(29,30)17-25/h9-10,13-15H,5-8,11-12,16-17H2,1-4H3. The number of rotatable bonds is 9. The molecule has 1 aliphatic rings. The molecular weight excluding hydrogens is 464 g/mol. The number of hydrogen-bond acceptors (Lipinski definition) is 5. The second-order valence-corrected chi connectivity index (χ2v) is 11.6. The van der Waals surface area contributed by atoms with Crippen molar-refractivity contribution >= 4 is 33.0 Å². The average Bonchev–Trinajstić information content (AvgIpc) is 2.89. The number of thioether (sulfide) groups is 1. The number of ether oxygens (including phenoxy) is 1. The first-order chi connectivity index (χ1) is 15.7. The zero-order chi connectivity index (χ0) is 24.2. The van der Waals surface area contributed by atoms with Gasteiger partial charge in [-0.1, -0.05) is 39.5 Å². The quantitative estimate of drug-likeness (QED) is 0.350. The van der Waals surface area contributed by atoms with Gasteiger partial charge in [0.05, 0.1) is 28.3 Å². The van der Waals surface area contributed by atoms with Crippen molar-refractivity contribution in [1.29, 1.82) is 0 Å². The third kappa shape index (κ3) is 5.48. The van der Waals surface area contributed by atoms with Gasteiger partial charge < -0.3 is 9.64 Å². The van der Waals surface area contributed by atoms with E-state index in [1.54, 1.807) is 12.1 Å². The molecule has 0 unspecified atom stereocenters. The number of nitrogens with zero attached hydrogens (tertiary/aromatic N) is 1. The van der Waals surface area contributed by atoms with Crippen LogP contribution in [0, 0.1) is 17.0 Å². The molecule has 33 heavy (non-hydrogen) atoms. The van der Waals surface area contributed by atoms with Crippen molar-refractivity contribution in [1.82, 2.24) is 0 Å². The molecule has 0 amide bonds. The molecule has 1 aliphatic heterocycles. The van der Waals surface area contributed by atoms with Crippen molar-refractivity contribution in [2.45, 2.75) is 62.2 Å². The predicted octanol–water partition coefficient (Wildman–Crippen LogP) is 6.99. The van der Waals surface area contributed by atoms with E-state index in [0.717, 1.165) is 55.6 Å². The second-order valence-electron chi connectivity index (χ2n) is 8.83. The second kappa shape index (κ2) is 10.6. The monoisotopic (exact) mass is 497 g/mol. The molecule has 0 saturated carbocycles. The molecule has 0 aliphatic carbocycles. The van der Waals surface area contributed by atoms with Crippen LogP contribution in [0.2, 0.25) is 0 Å². The molecule has 1 heterocycles. The van der Waals surface area contributed by atoms with Crippen LogP contribution in [0.4, 0.5) is 20.2 Å². The highest BCUT2D eigenvalue weighted by Gasteiger charge is 2.42. The molecule has 3 rings (SSSR count). The van der Waals surface area contributed by atoms with Crippen LogP contribution in [0.25, 0.3) is 0 Å². The van der Waals surface area contributed by atoms with Crippen LogP contribution in [0.15, 0.2) is 40.1 Å². The Balaban J connectivity index is 2.29. The number of benzene rings is 2. The van der Waals surface area contributed by atoms with Crippen LogP contribution in [-0.4, -0.2) is 34.1 Å². The molecule has 0 N–H and O–H groups in total. The van der Waals surface area contributed by atoms with Crippen molar-refractivity contribution in [2.24, 2.45) is 5.41 Å². The summed E-state index contributed by atoms with van der Waals surface area (Å²) in [5.74, 6) is -1.36. The summed E-state index contributed by atoms with van der Waals surface area (Å²) in [6.07, 6.45) is 7.12. The van der Waals surface area contributed by atoms with Gasteiger partial charge in [0.2, 0.25) is 0 Å². The minimum atomic E-state index is -3.66. The number of sulfone groups is 1. The summed E-state index contributed by atoms with van der Waals surface area (Å²) in [4.78, 5) is 2.83. The Morgan fingerprint density at radius 2 is 1.73 bits per heavy atom. The fourth-order valence-corrected chi connectivity index (χ4v) is 7.36. The molecule has 0 spiro atoms. The van der Waals surface area contributed by atoms with Crippen LogP contribution in [0.5, 0.6) is 5.75 Å². The Kier molecular flexibility index (Phi) is 8.32. The Morgan fingerprint density at radius 1 is 1.06 bits per heavy atom. The van der Waals surface area contributed by atoms with Crippen LogP contribution >= 0.6 is 11.8 Å². The van der Waals surface area contributed by atoms with Crippen LogP contribution in [-0.2, 0) is 9.84 Å². The third-order valence-corrected chi connectivity index (χ3v) is 9.17. The van der Waals surface area contributed by atoms with Crippen LogP contribution in [0.3, 0.4) is 0 Å². The van der Waals surface area contributed by atoms with E-state index in [1.165, 1.54) is 24.9 Å². The van der Waals surface area contributed by atoms with E-state index in [9.17, 15) is 17.2 Å². The lowest BCUT2D eigenvalue weighted by Crippen LogP contribution is -2.38. The Labute approximate surface area is 200 Å². The summed E-state index contributed by atoms with van der Waals surface area (Å²) in [5, 5.41) is 0. The zero-order valence-electron chi connectivity index (χ0n) is 19.8. The fourth-order valence-electron chi connectivity index (χ4n) is 4.67. The van der Waals surface area contributed by atoms with Gasteiger partial charge in [0.25, 0.3) is 0 Å². The lowest BCUT2D eigenvalue weighted by atomic mass is 9.79. The maximum atomic E-state index is 14.3. The number of hydrogen-bond donors (Lipinski definition) is 0. The van der Waals surface area contributed by atoms with E-state index >= 15 is 0 Å². The SMILES string of the molecule is CCCCC1(CCCC)CN(c2ccc(F)c(F)c2)c2cc(SC)c(OC)cc2S(=O)(=O)C1. The smallest absolute Gasteiger partial charge is 0.181 e. The summed E-state index contributed by atoms with van der Waals surface area (Å²) >= 11 is 1.45. The van der Waals surface area contributed by atoms with Gasteiger partial charge in [0.15, 0.2) is 21.5 Å². The molecule has 0 bridgehead atoms. The Morgan fingerprint density at radius 3 is 2.27 bits per heavy atom. The minimum absolute atomic E-state index is 0.0228. The highest BCUT2D eigenvalue weighted by atomic mass is 32.2. The molecule has 0 aromatic heterocycles. The molecule has 4 nitrogen and oxygen atoms in total. The predicted molar refractivity (Wildman–Crippen MR) is 132 cm³/mol. The fraction of sp³-hybridized carbons (Fsp3) is 0.520. The van der Waals surface area contributed by atoms with Gasteiger partial charge in [-0.2, -0.15) is 0 Å². The zero-order valence-corrected chi connectivity index (χ0v) is 21.4. The van der Waals surface area contributed by atoms with E-state index < -0.39 is 26.9 Å². The summed E-state index contributed by atoms with van der Waals surface area (Å²) in [7, 11) is -2.14. The number of fused-ring (bicyclic) bond motifs is 1. The number of halogens is 2. The molecule has 2 aromatic carbocycles. The first-order valence-corrected chi connectivity index (χ1v) is 14.3. The first-order valence-electron chi connectivity index (χ1n) is 11.4. The maximum absolute atomic E-state index is 14.3. The van der Waals surface area contributed by atoms with E-state index in [1.807, 2.05) is 11.2 Å². The normalized spacial score (nSPS) is 16.8. The number of anilines is 2. The lowest BCUT2D eigenvalue weighted by molar-refractivity contribution is 0.270. The molecule has 8 heteroatoms. The first kappa shape index (κ1) is 25.8. The Hall–Kier alpha value is -1.80. The van der Waals surface area contributed by atoms with Gasteiger partial charge in [0.1, 0.15) is 5.75 Å². The number of unbranched alkanes of at least 4 members (excludes halogenated alkanes) is 2. The third-order valence-electron chi connectivity index (χ3n) is 6.42. The van der Waals surface area contributed by atoms with Gasteiger partial charge in [-0.25, -0.2) is 17.2 Å². The van der Waals surface area contributed by atoms with Crippen LogP contribution < -0.4 is 9.64 Å². The van der Waals surface area contributed by atoms with E-state index in [-0.39, 0.29) is 10.6 Å². The van der Waals surface area contributed by atoms with Gasteiger partial charge in [-0.3, -0.25) is 0 Å². The minimum Gasteiger partial charge on any atom is -0.496 e. The molecule has 2 aromatic rings. The maximum Gasteiger partial charge on any atom is 0.181 e. The van der Waals surface area contributed by atoms with Gasteiger partial charge >= 0.3 is 0 Å². The van der Waals surface area contributed by atoms with Crippen molar-refractivity contribution < 1.29 is 21.9 Å². The van der Waals surface area contributed by atoms with Gasteiger partial charge in [0, 0.05) is 29.8 Å². The average molecular weight is 498 g/mol. The van der Waals surface area contributed by atoms with E-state index in [2.05, 4.69) is 13.8 Å². The number of methoxy groups -OCH3 is 1. The summed E-state index contributed by atoms with van der Waals surface area (Å²) in [5.41, 5.74) is 0.435. The van der Waals surface area contributed by atoms with Gasteiger partial charge in [-0.15, -0.1) is 11.8 Å². The highest BCUT2D eigenvalue weighted by Crippen LogP contribution is 2.47. The molecule has 0 fully saturated rings. The van der Waals surface area contributed by atoms with Crippen molar-refractivity contribution in [3.63, 3.8) is 0 Å². The van der Waals surface area contributed by atoms with Crippen molar-refractivity contribution in [2.75, 3.05) is 30.6 Å².